The maximum Gasteiger partial charge on any atom is 0.0770 e. The Hall–Kier alpha value is -0.170. The first-order valence-corrected chi connectivity index (χ1v) is 9.24. The van der Waals surface area contributed by atoms with E-state index in [2.05, 4.69) is 102 Å². The van der Waals surface area contributed by atoms with Gasteiger partial charge in [-0.2, -0.15) is 5.10 Å². The van der Waals surface area contributed by atoms with Gasteiger partial charge >= 0.3 is 0 Å². The number of nitrogens with zero attached hydrogens (tertiary/aromatic N) is 2. The lowest BCUT2D eigenvalue weighted by molar-refractivity contribution is 0.474. The van der Waals surface area contributed by atoms with Gasteiger partial charge < -0.3 is 5.32 Å². The van der Waals surface area contributed by atoms with Gasteiger partial charge in [0.1, 0.15) is 0 Å². The molecule has 1 unspecified atom stereocenters. The van der Waals surface area contributed by atoms with Gasteiger partial charge in [-0.1, -0.05) is 44.8 Å². The number of benzene rings is 1. The van der Waals surface area contributed by atoms with Crippen LogP contribution in [0.3, 0.4) is 0 Å². The highest BCUT2D eigenvalue weighted by molar-refractivity contribution is 9.11. The van der Waals surface area contributed by atoms with Crippen LogP contribution in [0.2, 0.25) is 0 Å². The third-order valence-corrected chi connectivity index (χ3v) is 5.02. The predicted molar refractivity (Wildman–Crippen MR) is 97.7 cm³/mol. The standard InChI is InChI=1S/C15H18Br3N3/c1-4-19-14(11-6-5-10(16)7-12(11)17)15-13(18)8-20-21(15)9(2)3/h5-9,14,19H,4H2,1-3H3. The van der Waals surface area contributed by atoms with Crippen LogP contribution in [0.1, 0.15) is 44.1 Å². The number of aromatic nitrogens is 2. The molecule has 0 saturated carbocycles. The molecule has 21 heavy (non-hydrogen) atoms. The van der Waals surface area contributed by atoms with Crippen molar-refractivity contribution in [2.75, 3.05) is 6.54 Å². The maximum absolute atomic E-state index is 4.50. The van der Waals surface area contributed by atoms with Crippen molar-refractivity contribution in [2.24, 2.45) is 0 Å². The summed E-state index contributed by atoms with van der Waals surface area (Å²) in [7, 11) is 0. The van der Waals surface area contributed by atoms with Crippen molar-refractivity contribution >= 4 is 47.8 Å². The molecule has 1 heterocycles. The molecule has 0 saturated heterocycles. The first kappa shape index (κ1) is 17.2. The quantitative estimate of drug-likeness (QED) is 0.618. The van der Waals surface area contributed by atoms with Crippen LogP contribution in [0.5, 0.6) is 0 Å². The number of hydrogen-bond donors (Lipinski definition) is 1. The molecule has 1 atom stereocenters. The minimum absolute atomic E-state index is 0.0803. The van der Waals surface area contributed by atoms with Gasteiger partial charge in [0.15, 0.2) is 0 Å². The Balaban J connectivity index is 2.56. The Kier molecular flexibility index (Phi) is 6.05. The number of hydrogen-bond acceptors (Lipinski definition) is 2. The summed E-state index contributed by atoms with van der Waals surface area (Å²) in [5.41, 5.74) is 2.35. The second kappa shape index (κ2) is 7.40. The second-order valence-electron chi connectivity index (χ2n) is 5.07. The molecule has 3 nitrogen and oxygen atoms in total. The summed E-state index contributed by atoms with van der Waals surface area (Å²) in [5, 5.41) is 8.06. The van der Waals surface area contributed by atoms with Crippen molar-refractivity contribution in [1.82, 2.24) is 15.1 Å². The zero-order chi connectivity index (χ0) is 15.6. The average Bonchev–Trinajstić information content (AvgIpc) is 2.79. The first-order valence-electron chi connectivity index (χ1n) is 6.87. The molecule has 0 spiro atoms. The summed E-state index contributed by atoms with van der Waals surface area (Å²) in [6.07, 6.45) is 1.87. The molecule has 6 heteroatoms. The van der Waals surface area contributed by atoms with Crippen LogP contribution >= 0.6 is 47.8 Å². The largest absolute Gasteiger partial charge is 0.305 e. The van der Waals surface area contributed by atoms with Crippen LogP contribution in [0, 0.1) is 0 Å². The fourth-order valence-electron chi connectivity index (χ4n) is 2.33. The van der Waals surface area contributed by atoms with Crippen molar-refractivity contribution in [3.05, 3.63) is 49.1 Å². The maximum atomic E-state index is 4.50. The van der Waals surface area contributed by atoms with E-state index in [-0.39, 0.29) is 6.04 Å². The average molecular weight is 480 g/mol. The lowest BCUT2D eigenvalue weighted by atomic mass is 10.0. The van der Waals surface area contributed by atoms with E-state index >= 15 is 0 Å². The van der Waals surface area contributed by atoms with Crippen LogP contribution in [0.4, 0.5) is 0 Å². The molecule has 0 aliphatic heterocycles. The number of halogens is 3. The van der Waals surface area contributed by atoms with E-state index in [0.29, 0.717) is 6.04 Å². The summed E-state index contributed by atoms with van der Waals surface area (Å²) >= 11 is 10.8. The van der Waals surface area contributed by atoms with E-state index in [1.807, 2.05) is 6.20 Å². The van der Waals surface area contributed by atoms with Gasteiger partial charge in [-0.15, -0.1) is 0 Å². The van der Waals surface area contributed by atoms with Crippen LogP contribution in [-0.2, 0) is 0 Å². The zero-order valence-electron chi connectivity index (χ0n) is 12.2. The molecule has 114 valence electrons. The van der Waals surface area contributed by atoms with E-state index in [4.69, 9.17) is 0 Å². The SMILES string of the molecule is CCNC(c1ccc(Br)cc1Br)c1c(Br)cnn1C(C)C. The predicted octanol–water partition coefficient (Wildman–Crippen LogP) is 5.45. The normalized spacial score (nSPS) is 12.9. The van der Waals surface area contributed by atoms with Gasteiger partial charge in [0.25, 0.3) is 0 Å². The minimum atomic E-state index is 0.0803. The summed E-state index contributed by atoms with van der Waals surface area (Å²) < 4.78 is 5.22. The lowest BCUT2D eigenvalue weighted by Gasteiger charge is -2.23. The third-order valence-electron chi connectivity index (χ3n) is 3.23. The highest BCUT2D eigenvalue weighted by Crippen LogP contribution is 2.35. The molecular weight excluding hydrogens is 462 g/mol. The topological polar surface area (TPSA) is 29.9 Å². The molecule has 1 aromatic carbocycles. The highest BCUT2D eigenvalue weighted by Gasteiger charge is 2.24. The molecule has 1 aromatic heterocycles. The van der Waals surface area contributed by atoms with E-state index < -0.39 is 0 Å². The van der Waals surface area contributed by atoms with Crippen molar-refractivity contribution in [1.29, 1.82) is 0 Å². The van der Waals surface area contributed by atoms with Crippen molar-refractivity contribution in [3.63, 3.8) is 0 Å². The number of rotatable bonds is 5. The van der Waals surface area contributed by atoms with Gasteiger partial charge in [-0.25, -0.2) is 0 Å². The summed E-state index contributed by atoms with van der Waals surface area (Å²) in [6, 6.07) is 6.65. The van der Waals surface area contributed by atoms with Gasteiger partial charge in [0.05, 0.1) is 22.4 Å². The zero-order valence-corrected chi connectivity index (χ0v) is 17.0. The van der Waals surface area contributed by atoms with Crippen molar-refractivity contribution < 1.29 is 0 Å². The summed E-state index contributed by atoms with van der Waals surface area (Å²) in [4.78, 5) is 0. The molecule has 0 aliphatic rings. The first-order chi connectivity index (χ1) is 9.95. The Morgan fingerprint density at radius 3 is 2.48 bits per heavy atom. The smallest absolute Gasteiger partial charge is 0.0770 e. The van der Waals surface area contributed by atoms with Gasteiger partial charge in [-0.3, -0.25) is 4.68 Å². The van der Waals surface area contributed by atoms with E-state index in [9.17, 15) is 0 Å². The van der Waals surface area contributed by atoms with E-state index in [1.165, 1.54) is 5.56 Å². The molecule has 2 rings (SSSR count). The van der Waals surface area contributed by atoms with E-state index in [1.54, 1.807) is 0 Å². The summed E-state index contributed by atoms with van der Waals surface area (Å²) in [5.74, 6) is 0. The Labute approximate surface area is 150 Å². The number of nitrogens with one attached hydrogen (secondary N) is 1. The molecule has 0 radical (unpaired) electrons. The van der Waals surface area contributed by atoms with Gasteiger partial charge in [0, 0.05) is 15.0 Å². The van der Waals surface area contributed by atoms with Gasteiger partial charge in [0.2, 0.25) is 0 Å². The van der Waals surface area contributed by atoms with Crippen LogP contribution < -0.4 is 5.32 Å². The fourth-order valence-corrected chi connectivity index (χ4v) is 4.10. The van der Waals surface area contributed by atoms with Crippen LogP contribution in [0.15, 0.2) is 37.8 Å². The summed E-state index contributed by atoms with van der Waals surface area (Å²) in [6.45, 7) is 7.28. The lowest BCUT2D eigenvalue weighted by Crippen LogP contribution is -2.26. The van der Waals surface area contributed by atoms with Crippen molar-refractivity contribution in [2.45, 2.75) is 32.9 Å². The second-order valence-corrected chi connectivity index (χ2v) is 7.70. The molecular formula is C15H18Br3N3. The van der Waals surface area contributed by atoms with Crippen molar-refractivity contribution in [3.8, 4) is 0 Å². The van der Waals surface area contributed by atoms with Crippen LogP contribution in [0.25, 0.3) is 0 Å². The monoisotopic (exact) mass is 477 g/mol. The molecule has 1 N–H and O–H groups in total. The molecule has 0 amide bonds. The fraction of sp³-hybridized carbons (Fsp3) is 0.400. The molecule has 2 aromatic rings. The van der Waals surface area contributed by atoms with Gasteiger partial charge in [-0.05, 0) is 54.0 Å². The molecule has 0 aliphatic carbocycles. The highest BCUT2D eigenvalue weighted by atomic mass is 79.9. The van der Waals surface area contributed by atoms with E-state index in [0.717, 1.165) is 25.7 Å². The minimum Gasteiger partial charge on any atom is -0.305 e. The van der Waals surface area contributed by atoms with Crippen LogP contribution in [-0.4, -0.2) is 16.3 Å². The molecule has 0 bridgehead atoms. The molecule has 0 fully saturated rings. The Bertz CT molecular complexity index is 623. The Morgan fingerprint density at radius 2 is 1.90 bits per heavy atom. The Morgan fingerprint density at radius 1 is 1.19 bits per heavy atom. The third kappa shape index (κ3) is 3.78.